The molecule has 0 amide bonds. The number of aliphatic hydroxyl groups excluding tert-OH is 1. The zero-order chi connectivity index (χ0) is 16.4. The summed E-state index contributed by atoms with van der Waals surface area (Å²) in [5.74, 6) is 4.62. The van der Waals surface area contributed by atoms with E-state index in [9.17, 15) is 9.59 Å². The summed E-state index contributed by atoms with van der Waals surface area (Å²) in [5, 5.41) is 8.71. The summed E-state index contributed by atoms with van der Waals surface area (Å²) in [6.07, 6.45) is 6.40. The van der Waals surface area contributed by atoms with Gasteiger partial charge < -0.3 is 14.6 Å². The molecule has 0 radical (unpaired) electrons. The molecule has 0 bridgehead atoms. The lowest BCUT2D eigenvalue weighted by Crippen LogP contribution is -2.40. The third-order valence-corrected chi connectivity index (χ3v) is 3.66. The van der Waals surface area contributed by atoms with Crippen molar-refractivity contribution in [1.29, 1.82) is 0 Å². The smallest absolute Gasteiger partial charge is 0.324 e. The summed E-state index contributed by atoms with van der Waals surface area (Å²) in [6, 6.07) is 0. The maximum absolute atomic E-state index is 12.2. The lowest BCUT2D eigenvalue weighted by molar-refractivity contribution is -0.168. The third kappa shape index (κ3) is 5.19. The van der Waals surface area contributed by atoms with Crippen LogP contribution < -0.4 is 0 Å². The van der Waals surface area contributed by atoms with Gasteiger partial charge in [0.1, 0.15) is 0 Å². The first kappa shape index (κ1) is 18.2. The summed E-state index contributed by atoms with van der Waals surface area (Å²) in [6.45, 7) is 0.142. The molecule has 1 aliphatic carbocycles. The molecule has 0 heterocycles. The predicted octanol–water partition coefficient (Wildman–Crippen LogP) is 1.99. The van der Waals surface area contributed by atoms with Gasteiger partial charge in [-0.25, -0.2) is 0 Å². The van der Waals surface area contributed by atoms with Crippen molar-refractivity contribution in [1.82, 2.24) is 0 Å². The Bertz CT molecular complexity index is 459. The molecule has 1 N–H and O–H groups in total. The normalized spacial score (nSPS) is 13.0. The maximum Gasteiger partial charge on any atom is 0.324 e. The van der Waals surface area contributed by atoms with E-state index in [0.29, 0.717) is 12.8 Å². The minimum absolute atomic E-state index is 0.0786. The fourth-order valence-electron chi connectivity index (χ4n) is 2.08. The monoisotopic (exact) mass is 308 g/mol. The zero-order valence-corrected chi connectivity index (χ0v) is 13.3. The van der Waals surface area contributed by atoms with Crippen molar-refractivity contribution in [2.45, 2.75) is 44.9 Å². The second kappa shape index (κ2) is 9.26. The van der Waals surface area contributed by atoms with E-state index in [2.05, 4.69) is 11.8 Å². The SMILES string of the molecule is COC(=O)C(CC#CCCCCO)(CC=C1CC1)C(=O)OC. The lowest BCUT2D eigenvalue weighted by Gasteiger charge is -2.24. The first-order valence-electron chi connectivity index (χ1n) is 7.52. The molecule has 0 unspecified atom stereocenters. The minimum atomic E-state index is -1.39. The Morgan fingerprint density at radius 1 is 1.18 bits per heavy atom. The van der Waals surface area contributed by atoms with Crippen molar-refractivity contribution >= 4 is 11.9 Å². The van der Waals surface area contributed by atoms with Gasteiger partial charge >= 0.3 is 11.9 Å². The fourth-order valence-corrected chi connectivity index (χ4v) is 2.08. The molecule has 5 nitrogen and oxygen atoms in total. The summed E-state index contributed by atoms with van der Waals surface area (Å²) in [7, 11) is 2.53. The molecule has 0 atom stereocenters. The van der Waals surface area contributed by atoms with Crippen LogP contribution in [0.5, 0.6) is 0 Å². The number of carbonyl (C=O) groups is 2. The van der Waals surface area contributed by atoms with E-state index in [-0.39, 0.29) is 19.4 Å². The maximum atomic E-state index is 12.2. The van der Waals surface area contributed by atoms with E-state index in [4.69, 9.17) is 14.6 Å². The number of unbranched alkanes of at least 4 members (excludes halogenated alkanes) is 2. The molecule has 0 spiro atoms. The Hall–Kier alpha value is -1.80. The molecule has 0 saturated heterocycles. The van der Waals surface area contributed by atoms with E-state index >= 15 is 0 Å². The fraction of sp³-hybridized carbons (Fsp3) is 0.647. The quantitative estimate of drug-likeness (QED) is 0.244. The summed E-state index contributed by atoms with van der Waals surface area (Å²) in [5.41, 5.74) is -0.142. The van der Waals surface area contributed by atoms with Gasteiger partial charge in [0.25, 0.3) is 0 Å². The predicted molar refractivity (Wildman–Crippen MR) is 81.7 cm³/mol. The van der Waals surface area contributed by atoms with E-state index in [0.717, 1.165) is 19.3 Å². The van der Waals surface area contributed by atoms with Crippen molar-refractivity contribution in [3.63, 3.8) is 0 Å². The van der Waals surface area contributed by atoms with Gasteiger partial charge in [-0.15, -0.1) is 11.8 Å². The number of methoxy groups -OCH3 is 2. The first-order chi connectivity index (χ1) is 10.6. The van der Waals surface area contributed by atoms with Gasteiger partial charge in [0.2, 0.25) is 0 Å². The van der Waals surface area contributed by atoms with Crippen LogP contribution in [0.3, 0.4) is 0 Å². The van der Waals surface area contributed by atoms with E-state index < -0.39 is 17.4 Å². The van der Waals surface area contributed by atoms with Gasteiger partial charge in [0.05, 0.1) is 14.2 Å². The second-order valence-corrected chi connectivity index (χ2v) is 5.34. The van der Waals surface area contributed by atoms with Crippen LogP contribution in [0, 0.1) is 17.3 Å². The number of aliphatic hydroxyl groups is 1. The molecule has 1 rings (SSSR count). The van der Waals surface area contributed by atoms with Gasteiger partial charge in [0.15, 0.2) is 5.41 Å². The van der Waals surface area contributed by atoms with E-state index in [1.807, 2.05) is 6.08 Å². The van der Waals surface area contributed by atoms with Crippen LogP contribution in [0.25, 0.3) is 0 Å². The van der Waals surface area contributed by atoms with Crippen LogP contribution in [-0.4, -0.2) is 37.9 Å². The average molecular weight is 308 g/mol. The van der Waals surface area contributed by atoms with Crippen LogP contribution in [0.1, 0.15) is 44.9 Å². The zero-order valence-electron chi connectivity index (χ0n) is 13.3. The van der Waals surface area contributed by atoms with Crippen molar-refractivity contribution < 1.29 is 24.2 Å². The van der Waals surface area contributed by atoms with Gasteiger partial charge in [-0.3, -0.25) is 9.59 Å². The minimum Gasteiger partial charge on any atom is -0.468 e. The van der Waals surface area contributed by atoms with Crippen molar-refractivity contribution in [3.8, 4) is 11.8 Å². The van der Waals surface area contributed by atoms with Crippen molar-refractivity contribution in [2.75, 3.05) is 20.8 Å². The first-order valence-corrected chi connectivity index (χ1v) is 7.52. The molecule has 1 fully saturated rings. The number of carbonyl (C=O) groups excluding carboxylic acids is 2. The van der Waals surface area contributed by atoms with E-state index in [1.54, 1.807) is 0 Å². The van der Waals surface area contributed by atoms with E-state index in [1.165, 1.54) is 19.8 Å². The molecule has 22 heavy (non-hydrogen) atoms. The number of hydrogen-bond donors (Lipinski definition) is 1. The summed E-state index contributed by atoms with van der Waals surface area (Å²) >= 11 is 0. The molecular formula is C17H24O5. The lowest BCUT2D eigenvalue weighted by atomic mass is 9.81. The second-order valence-electron chi connectivity index (χ2n) is 5.34. The van der Waals surface area contributed by atoms with Crippen LogP contribution in [0.15, 0.2) is 11.6 Å². The number of allylic oxidation sites excluding steroid dienone is 2. The molecule has 5 heteroatoms. The Labute approximate surface area is 131 Å². The molecule has 1 saturated carbocycles. The Morgan fingerprint density at radius 2 is 1.82 bits per heavy atom. The third-order valence-electron chi connectivity index (χ3n) is 3.66. The van der Waals surface area contributed by atoms with Gasteiger partial charge in [-0.05, 0) is 32.1 Å². The molecular weight excluding hydrogens is 284 g/mol. The highest BCUT2D eigenvalue weighted by Gasteiger charge is 2.47. The molecule has 0 aromatic rings. The van der Waals surface area contributed by atoms with Gasteiger partial charge in [-0.1, -0.05) is 11.6 Å². The summed E-state index contributed by atoms with van der Waals surface area (Å²) < 4.78 is 9.63. The largest absolute Gasteiger partial charge is 0.468 e. The van der Waals surface area contributed by atoms with Gasteiger partial charge in [-0.2, -0.15) is 0 Å². The number of ether oxygens (including phenoxy) is 2. The molecule has 0 aliphatic heterocycles. The Balaban J connectivity index is 2.83. The molecule has 122 valence electrons. The summed E-state index contributed by atoms with van der Waals surface area (Å²) in [4.78, 5) is 24.4. The van der Waals surface area contributed by atoms with Crippen molar-refractivity contribution in [3.05, 3.63) is 11.6 Å². The Morgan fingerprint density at radius 3 is 2.32 bits per heavy atom. The van der Waals surface area contributed by atoms with Crippen molar-refractivity contribution in [2.24, 2.45) is 5.41 Å². The van der Waals surface area contributed by atoms with Gasteiger partial charge in [0, 0.05) is 19.4 Å². The van der Waals surface area contributed by atoms with Crippen LogP contribution in [0.4, 0.5) is 0 Å². The van der Waals surface area contributed by atoms with Crippen LogP contribution >= 0.6 is 0 Å². The number of esters is 2. The number of hydrogen-bond acceptors (Lipinski definition) is 5. The highest BCUT2D eigenvalue weighted by atomic mass is 16.5. The average Bonchev–Trinajstić information content (AvgIpc) is 3.36. The number of rotatable bonds is 8. The molecule has 0 aromatic heterocycles. The standard InChI is InChI=1S/C17H24O5/c1-21-15(19)17(16(20)22-2,12-10-14-8-9-14)11-6-4-3-5-7-13-18/h10,18H,3,5,7-9,11-13H2,1-2H3. The molecule has 0 aromatic carbocycles. The highest BCUT2D eigenvalue weighted by Crippen LogP contribution is 2.35. The van der Waals surface area contributed by atoms with Crippen LogP contribution in [0.2, 0.25) is 0 Å². The topological polar surface area (TPSA) is 72.8 Å². The Kier molecular flexibility index (Phi) is 7.69. The van der Waals surface area contributed by atoms with Crippen LogP contribution in [-0.2, 0) is 19.1 Å². The molecule has 1 aliphatic rings. The highest BCUT2D eigenvalue weighted by molar-refractivity contribution is 6.00.